The van der Waals surface area contributed by atoms with Crippen LogP contribution in [0, 0.1) is 5.82 Å². The number of hydrogen-bond acceptors (Lipinski definition) is 2. The van der Waals surface area contributed by atoms with Crippen LogP contribution in [0.25, 0.3) is 0 Å². The summed E-state index contributed by atoms with van der Waals surface area (Å²) in [6.45, 7) is 0. The molecule has 0 aliphatic heterocycles. The molecule has 4 heteroatoms. The lowest BCUT2D eigenvalue weighted by atomic mass is 10.2. The Morgan fingerprint density at radius 3 is 2.47 bits per heavy atom. The third kappa shape index (κ3) is 2.91. The van der Waals surface area contributed by atoms with E-state index in [1.165, 1.54) is 6.07 Å². The van der Waals surface area contributed by atoms with Gasteiger partial charge in [-0.1, -0.05) is 15.9 Å². The second kappa shape index (κ2) is 5.10. The maximum Gasteiger partial charge on any atom is 0.165 e. The summed E-state index contributed by atoms with van der Waals surface area (Å²) in [6.07, 6.45) is 0.740. The van der Waals surface area contributed by atoms with E-state index >= 15 is 0 Å². The summed E-state index contributed by atoms with van der Waals surface area (Å²) in [5.74, 6) is 0.179. The largest absolute Gasteiger partial charge is 0.454 e. The summed E-state index contributed by atoms with van der Waals surface area (Å²) in [7, 11) is 0. The molecule has 2 nitrogen and oxygen atoms in total. The average molecular weight is 295 g/mol. The zero-order valence-electron chi connectivity index (χ0n) is 8.69. The van der Waals surface area contributed by atoms with E-state index in [9.17, 15) is 9.18 Å². The highest BCUT2D eigenvalue weighted by Gasteiger charge is 2.05. The quantitative estimate of drug-likeness (QED) is 0.793. The van der Waals surface area contributed by atoms with Gasteiger partial charge in [-0.2, -0.15) is 0 Å². The van der Waals surface area contributed by atoms with Crippen LogP contribution >= 0.6 is 15.9 Å². The highest BCUT2D eigenvalue weighted by atomic mass is 79.9. The Kier molecular flexibility index (Phi) is 3.54. The lowest BCUT2D eigenvalue weighted by Crippen LogP contribution is -1.88. The molecule has 86 valence electrons. The van der Waals surface area contributed by atoms with Gasteiger partial charge in [0, 0.05) is 10.0 Å². The van der Waals surface area contributed by atoms with Gasteiger partial charge in [0.15, 0.2) is 11.6 Å². The van der Waals surface area contributed by atoms with E-state index in [0.29, 0.717) is 11.3 Å². The van der Waals surface area contributed by atoms with E-state index in [-0.39, 0.29) is 5.75 Å². The number of carbonyl (C=O) groups excluding carboxylic acids is 1. The van der Waals surface area contributed by atoms with Crippen LogP contribution in [0.5, 0.6) is 11.5 Å². The third-order valence-corrected chi connectivity index (χ3v) is 2.63. The molecule has 0 aliphatic carbocycles. The van der Waals surface area contributed by atoms with Crippen molar-refractivity contribution in [1.29, 1.82) is 0 Å². The van der Waals surface area contributed by atoms with Gasteiger partial charge >= 0.3 is 0 Å². The van der Waals surface area contributed by atoms with Gasteiger partial charge in [-0.15, -0.1) is 0 Å². The monoisotopic (exact) mass is 294 g/mol. The second-order valence-electron chi connectivity index (χ2n) is 3.36. The minimum absolute atomic E-state index is 0.137. The van der Waals surface area contributed by atoms with Crippen molar-refractivity contribution >= 4 is 22.2 Å². The smallest absolute Gasteiger partial charge is 0.165 e. The summed E-state index contributed by atoms with van der Waals surface area (Å²) < 4.78 is 19.5. The lowest BCUT2D eigenvalue weighted by molar-refractivity contribution is 0.112. The van der Waals surface area contributed by atoms with Crippen molar-refractivity contribution in [1.82, 2.24) is 0 Å². The van der Waals surface area contributed by atoms with Crippen LogP contribution in [0.4, 0.5) is 4.39 Å². The van der Waals surface area contributed by atoms with E-state index in [1.807, 2.05) is 0 Å². The van der Waals surface area contributed by atoms with Gasteiger partial charge in [0.05, 0.1) is 0 Å². The minimum atomic E-state index is -0.437. The predicted octanol–water partition coefficient (Wildman–Crippen LogP) is 4.19. The molecule has 0 aromatic heterocycles. The fraction of sp³-hybridized carbons (Fsp3) is 0. The topological polar surface area (TPSA) is 26.3 Å². The van der Waals surface area contributed by atoms with Gasteiger partial charge in [0.2, 0.25) is 0 Å². The van der Waals surface area contributed by atoms with Crippen molar-refractivity contribution < 1.29 is 13.9 Å². The first-order valence-electron chi connectivity index (χ1n) is 4.87. The first-order chi connectivity index (χ1) is 8.19. The molecule has 2 rings (SSSR count). The average Bonchev–Trinajstić information content (AvgIpc) is 2.35. The molecule has 0 fully saturated rings. The molecular formula is C13H8BrFO2. The number of benzene rings is 2. The predicted molar refractivity (Wildman–Crippen MR) is 66.0 cm³/mol. The van der Waals surface area contributed by atoms with E-state index in [1.54, 1.807) is 36.4 Å². The van der Waals surface area contributed by atoms with Gasteiger partial charge in [0.25, 0.3) is 0 Å². The maximum absolute atomic E-state index is 13.4. The van der Waals surface area contributed by atoms with Gasteiger partial charge in [-0.25, -0.2) is 4.39 Å². The summed E-state index contributed by atoms with van der Waals surface area (Å²) in [5, 5.41) is 0. The van der Waals surface area contributed by atoms with Crippen LogP contribution in [-0.2, 0) is 0 Å². The lowest BCUT2D eigenvalue weighted by Gasteiger charge is -2.07. The Hall–Kier alpha value is -1.68. The Morgan fingerprint density at radius 1 is 1.12 bits per heavy atom. The summed E-state index contributed by atoms with van der Waals surface area (Å²) >= 11 is 3.24. The Labute approximate surface area is 106 Å². The van der Waals surface area contributed by atoms with Crippen LogP contribution in [0.2, 0.25) is 0 Å². The normalized spacial score (nSPS) is 10.0. The zero-order valence-corrected chi connectivity index (χ0v) is 10.3. The molecule has 0 saturated heterocycles. The standard InChI is InChI=1S/C13H8BrFO2/c14-10-3-6-12(15)13(7-10)17-11-4-1-9(8-16)2-5-11/h1-8H. The Bertz CT molecular complexity index is 538. The van der Waals surface area contributed by atoms with E-state index in [4.69, 9.17) is 4.74 Å². The highest BCUT2D eigenvalue weighted by molar-refractivity contribution is 9.10. The third-order valence-electron chi connectivity index (χ3n) is 2.14. The molecule has 0 atom stereocenters. The molecule has 0 unspecified atom stereocenters. The molecule has 2 aromatic carbocycles. The molecule has 0 radical (unpaired) electrons. The van der Waals surface area contributed by atoms with E-state index in [2.05, 4.69) is 15.9 Å². The molecular weight excluding hydrogens is 287 g/mol. The van der Waals surface area contributed by atoms with Crippen molar-refractivity contribution in [2.75, 3.05) is 0 Å². The SMILES string of the molecule is O=Cc1ccc(Oc2cc(Br)ccc2F)cc1. The first kappa shape index (κ1) is 11.8. The fourth-order valence-electron chi connectivity index (χ4n) is 1.30. The van der Waals surface area contributed by atoms with Crippen molar-refractivity contribution in [3.63, 3.8) is 0 Å². The molecule has 0 heterocycles. The van der Waals surface area contributed by atoms with Gasteiger partial charge < -0.3 is 4.74 Å². The van der Waals surface area contributed by atoms with Crippen LogP contribution in [0.3, 0.4) is 0 Å². The van der Waals surface area contributed by atoms with Crippen molar-refractivity contribution in [2.24, 2.45) is 0 Å². The van der Waals surface area contributed by atoms with Crippen LogP contribution in [0.15, 0.2) is 46.9 Å². The highest BCUT2D eigenvalue weighted by Crippen LogP contribution is 2.27. The molecule has 0 aliphatic rings. The van der Waals surface area contributed by atoms with Gasteiger partial charge in [-0.3, -0.25) is 4.79 Å². The molecule has 0 spiro atoms. The summed E-state index contributed by atoms with van der Waals surface area (Å²) in [6, 6.07) is 10.9. The number of carbonyl (C=O) groups is 1. The molecule has 0 amide bonds. The number of rotatable bonds is 3. The molecule has 2 aromatic rings. The van der Waals surface area contributed by atoms with E-state index < -0.39 is 5.82 Å². The fourth-order valence-corrected chi connectivity index (χ4v) is 1.64. The van der Waals surface area contributed by atoms with Crippen LogP contribution < -0.4 is 4.74 Å². The van der Waals surface area contributed by atoms with E-state index in [0.717, 1.165) is 10.8 Å². The minimum Gasteiger partial charge on any atom is -0.454 e. The zero-order chi connectivity index (χ0) is 12.3. The Morgan fingerprint density at radius 2 is 1.82 bits per heavy atom. The molecule has 0 bridgehead atoms. The molecule has 0 N–H and O–H groups in total. The van der Waals surface area contributed by atoms with Gasteiger partial charge in [0.1, 0.15) is 12.0 Å². The Balaban J connectivity index is 2.24. The summed E-state index contributed by atoms with van der Waals surface area (Å²) in [5.41, 5.74) is 0.548. The number of ether oxygens (including phenoxy) is 1. The number of halogens is 2. The van der Waals surface area contributed by atoms with Gasteiger partial charge in [-0.05, 0) is 42.5 Å². The second-order valence-corrected chi connectivity index (χ2v) is 4.28. The summed E-state index contributed by atoms with van der Waals surface area (Å²) in [4.78, 5) is 10.5. The molecule has 17 heavy (non-hydrogen) atoms. The number of hydrogen-bond donors (Lipinski definition) is 0. The van der Waals surface area contributed by atoms with Crippen molar-refractivity contribution in [3.05, 3.63) is 58.3 Å². The van der Waals surface area contributed by atoms with Crippen LogP contribution in [-0.4, -0.2) is 6.29 Å². The molecule has 0 saturated carbocycles. The van der Waals surface area contributed by atoms with Crippen LogP contribution in [0.1, 0.15) is 10.4 Å². The van der Waals surface area contributed by atoms with Crippen molar-refractivity contribution in [2.45, 2.75) is 0 Å². The first-order valence-corrected chi connectivity index (χ1v) is 5.66. The van der Waals surface area contributed by atoms with Crippen molar-refractivity contribution in [3.8, 4) is 11.5 Å². The number of aldehydes is 1. The maximum atomic E-state index is 13.4.